The Hall–Kier alpha value is -0.770. The van der Waals surface area contributed by atoms with Crippen molar-refractivity contribution in [1.29, 1.82) is 0 Å². The van der Waals surface area contributed by atoms with Crippen LogP contribution in [-0.4, -0.2) is 36.9 Å². The van der Waals surface area contributed by atoms with Gasteiger partial charge in [-0.25, -0.2) is 0 Å². The first-order valence-electron chi connectivity index (χ1n) is 6.40. The number of aryl methyl sites for hydroxylation is 2. The molecule has 0 aliphatic carbocycles. The highest BCUT2D eigenvalue weighted by Crippen LogP contribution is 2.33. The third-order valence-corrected chi connectivity index (χ3v) is 3.80. The lowest BCUT2D eigenvalue weighted by Gasteiger charge is -2.41. The van der Waals surface area contributed by atoms with E-state index in [9.17, 15) is 5.11 Å². The van der Waals surface area contributed by atoms with E-state index < -0.39 is 0 Å². The van der Waals surface area contributed by atoms with Gasteiger partial charge >= 0.3 is 0 Å². The zero-order valence-electron chi connectivity index (χ0n) is 11.2. The molecule has 1 aromatic rings. The first-order chi connectivity index (χ1) is 8.52. The number of aliphatic hydroxyl groups excluding tert-OH is 1. The van der Waals surface area contributed by atoms with Crippen LogP contribution in [0, 0.1) is 13.8 Å². The highest BCUT2D eigenvalue weighted by Gasteiger charge is 2.27. The van der Waals surface area contributed by atoms with Crippen LogP contribution in [0.4, 0.5) is 5.69 Å². The lowest BCUT2D eigenvalue weighted by atomic mass is 10.0. The van der Waals surface area contributed by atoms with E-state index in [1.807, 2.05) is 13.0 Å². The van der Waals surface area contributed by atoms with Crippen molar-refractivity contribution in [2.24, 2.45) is 0 Å². The molecule has 1 aromatic carbocycles. The molecule has 1 heterocycles. The Labute approximate surface area is 114 Å². The molecule has 0 amide bonds. The van der Waals surface area contributed by atoms with Crippen molar-refractivity contribution >= 4 is 17.3 Å². The Morgan fingerprint density at radius 1 is 1.44 bits per heavy atom. The SMILES string of the molecule is Cc1cc(C)c(N2CC(C)NCC2CO)c(Cl)c1. The zero-order chi connectivity index (χ0) is 13.3. The van der Waals surface area contributed by atoms with E-state index in [4.69, 9.17) is 11.6 Å². The summed E-state index contributed by atoms with van der Waals surface area (Å²) in [5.74, 6) is 0. The molecule has 1 aliphatic rings. The van der Waals surface area contributed by atoms with Gasteiger partial charge in [0.05, 0.1) is 23.4 Å². The quantitative estimate of drug-likeness (QED) is 0.863. The van der Waals surface area contributed by atoms with E-state index in [2.05, 4.69) is 30.1 Å². The maximum absolute atomic E-state index is 9.52. The van der Waals surface area contributed by atoms with Gasteiger partial charge in [-0.2, -0.15) is 0 Å². The number of rotatable bonds is 2. The van der Waals surface area contributed by atoms with Crippen LogP contribution >= 0.6 is 11.6 Å². The predicted octanol–water partition coefficient (Wildman–Crippen LogP) is 2.12. The molecule has 0 bridgehead atoms. The minimum atomic E-state index is 0.0973. The lowest BCUT2D eigenvalue weighted by molar-refractivity contribution is 0.237. The summed E-state index contributed by atoms with van der Waals surface area (Å²) in [4.78, 5) is 2.23. The zero-order valence-corrected chi connectivity index (χ0v) is 12.0. The fourth-order valence-electron chi connectivity index (χ4n) is 2.66. The highest BCUT2D eigenvalue weighted by atomic mass is 35.5. The third kappa shape index (κ3) is 2.63. The number of hydrogen-bond acceptors (Lipinski definition) is 3. The van der Waals surface area contributed by atoms with E-state index in [0.717, 1.165) is 23.8 Å². The number of halogens is 1. The monoisotopic (exact) mass is 268 g/mol. The van der Waals surface area contributed by atoms with Crippen molar-refractivity contribution in [3.63, 3.8) is 0 Å². The van der Waals surface area contributed by atoms with Gasteiger partial charge < -0.3 is 15.3 Å². The van der Waals surface area contributed by atoms with Gasteiger partial charge in [0.25, 0.3) is 0 Å². The number of nitrogens with zero attached hydrogens (tertiary/aromatic N) is 1. The second kappa shape index (κ2) is 5.47. The second-order valence-electron chi connectivity index (χ2n) is 5.21. The summed E-state index contributed by atoms with van der Waals surface area (Å²) in [7, 11) is 0. The molecular formula is C14H21ClN2O. The molecule has 1 fully saturated rings. The van der Waals surface area contributed by atoms with Crippen molar-refractivity contribution in [2.45, 2.75) is 32.9 Å². The average Bonchev–Trinajstić information content (AvgIpc) is 2.28. The van der Waals surface area contributed by atoms with Crippen molar-refractivity contribution in [1.82, 2.24) is 5.32 Å². The average molecular weight is 269 g/mol. The predicted molar refractivity (Wildman–Crippen MR) is 76.6 cm³/mol. The Bertz CT molecular complexity index is 413. The molecule has 0 saturated carbocycles. The van der Waals surface area contributed by atoms with Gasteiger partial charge in [0.1, 0.15) is 0 Å². The van der Waals surface area contributed by atoms with Crippen LogP contribution in [0.15, 0.2) is 12.1 Å². The van der Waals surface area contributed by atoms with Gasteiger partial charge in [-0.15, -0.1) is 0 Å². The van der Waals surface area contributed by atoms with Gasteiger partial charge in [0.15, 0.2) is 0 Å². The number of benzene rings is 1. The first kappa shape index (κ1) is 13.7. The second-order valence-corrected chi connectivity index (χ2v) is 5.62. The first-order valence-corrected chi connectivity index (χ1v) is 6.78. The normalized spacial score (nSPS) is 24.4. The van der Waals surface area contributed by atoms with Crippen LogP contribution in [0.1, 0.15) is 18.1 Å². The number of nitrogens with one attached hydrogen (secondary N) is 1. The number of anilines is 1. The summed E-state index contributed by atoms with van der Waals surface area (Å²) in [6.07, 6.45) is 0. The van der Waals surface area contributed by atoms with E-state index in [-0.39, 0.29) is 12.6 Å². The van der Waals surface area contributed by atoms with Crippen molar-refractivity contribution in [3.8, 4) is 0 Å². The lowest BCUT2D eigenvalue weighted by Crippen LogP contribution is -2.57. The molecule has 0 spiro atoms. The van der Waals surface area contributed by atoms with Gasteiger partial charge in [-0.3, -0.25) is 0 Å². The summed E-state index contributed by atoms with van der Waals surface area (Å²) < 4.78 is 0. The minimum Gasteiger partial charge on any atom is -0.394 e. The molecule has 0 radical (unpaired) electrons. The topological polar surface area (TPSA) is 35.5 Å². The molecule has 18 heavy (non-hydrogen) atoms. The number of aliphatic hydroxyl groups is 1. The Balaban J connectivity index is 2.39. The smallest absolute Gasteiger partial charge is 0.0647 e. The maximum atomic E-state index is 9.52. The molecule has 2 unspecified atom stereocenters. The van der Waals surface area contributed by atoms with E-state index in [0.29, 0.717) is 6.04 Å². The van der Waals surface area contributed by atoms with Gasteiger partial charge in [-0.05, 0) is 38.0 Å². The molecule has 2 rings (SSSR count). The highest BCUT2D eigenvalue weighted by molar-refractivity contribution is 6.33. The summed E-state index contributed by atoms with van der Waals surface area (Å²) in [5.41, 5.74) is 3.41. The van der Waals surface area contributed by atoms with E-state index in [1.165, 1.54) is 11.1 Å². The van der Waals surface area contributed by atoms with Crippen LogP contribution in [0.3, 0.4) is 0 Å². The summed E-state index contributed by atoms with van der Waals surface area (Å²) in [6, 6.07) is 4.64. The molecule has 1 aliphatic heterocycles. The molecule has 100 valence electrons. The minimum absolute atomic E-state index is 0.0973. The summed E-state index contributed by atoms with van der Waals surface area (Å²) in [5, 5.41) is 13.7. The van der Waals surface area contributed by atoms with Crippen LogP contribution in [-0.2, 0) is 0 Å². The molecule has 1 saturated heterocycles. The van der Waals surface area contributed by atoms with Gasteiger partial charge in [0.2, 0.25) is 0 Å². The largest absolute Gasteiger partial charge is 0.394 e. The Morgan fingerprint density at radius 3 is 2.78 bits per heavy atom. The summed E-state index contributed by atoms with van der Waals surface area (Å²) >= 11 is 6.39. The maximum Gasteiger partial charge on any atom is 0.0647 e. The van der Waals surface area contributed by atoms with Crippen LogP contribution in [0.5, 0.6) is 0 Å². The molecule has 4 heteroatoms. The number of hydrogen-bond donors (Lipinski definition) is 2. The van der Waals surface area contributed by atoms with Crippen molar-refractivity contribution < 1.29 is 5.11 Å². The van der Waals surface area contributed by atoms with E-state index in [1.54, 1.807) is 0 Å². The van der Waals surface area contributed by atoms with Crippen molar-refractivity contribution in [3.05, 3.63) is 28.3 Å². The molecular weight excluding hydrogens is 248 g/mol. The van der Waals surface area contributed by atoms with Gasteiger partial charge in [0, 0.05) is 19.1 Å². The fourth-order valence-corrected chi connectivity index (χ4v) is 3.09. The number of piperazine rings is 1. The van der Waals surface area contributed by atoms with Gasteiger partial charge in [-0.1, -0.05) is 17.7 Å². The molecule has 0 aromatic heterocycles. The molecule has 3 nitrogen and oxygen atoms in total. The van der Waals surface area contributed by atoms with E-state index >= 15 is 0 Å². The Kier molecular flexibility index (Phi) is 4.15. The standard InChI is InChI=1S/C14H21ClN2O/c1-9-4-10(2)14(13(15)5-9)17-7-11(3)16-6-12(17)8-18/h4-5,11-12,16,18H,6-8H2,1-3H3. The van der Waals surface area contributed by atoms with Crippen LogP contribution < -0.4 is 10.2 Å². The van der Waals surface area contributed by atoms with Crippen LogP contribution in [0.2, 0.25) is 5.02 Å². The molecule has 2 atom stereocenters. The Morgan fingerprint density at radius 2 is 2.17 bits per heavy atom. The fraction of sp³-hybridized carbons (Fsp3) is 0.571. The van der Waals surface area contributed by atoms with Crippen molar-refractivity contribution in [2.75, 3.05) is 24.6 Å². The summed E-state index contributed by atoms with van der Waals surface area (Å²) in [6.45, 7) is 8.08. The van der Waals surface area contributed by atoms with Crippen LogP contribution in [0.25, 0.3) is 0 Å². The molecule has 2 N–H and O–H groups in total. The third-order valence-electron chi connectivity index (χ3n) is 3.51.